The van der Waals surface area contributed by atoms with Gasteiger partial charge in [0, 0.05) is 56.5 Å². The molecule has 3 aromatic heterocycles. The van der Waals surface area contributed by atoms with E-state index in [1.807, 2.05) is 6.07 Å². The molecule has 202 valence electrons. The first-order valence-electron chi connectivity index (χ1n) is 13.9. The SMILES string of the molecule is CCc1ccc2cc(-c3nc4cc(C=O)c(CCN(C)CCCOCCN)cc4n3C)n(CC3CC3)c2n1. The smallest absolute Gasteiger partial charge is 0.157 e. The summed E-state index contributed by atoms with van der Waals surface area (Å²) in [6.07, 6.45) is 6.19. The third-order valence-corrected chi connectivity index (χ3v) is 7.65. The number of carbonyl (C=O) groups is 1. The summed E-state index contributed by atoms with van der Waals surface area (Å²) in [5.41, 5.74) is 12.4. The highest BCUT2D eigenvalue weighted by Gasteiger charge is 2.26. The molecule has 8 heteroatoms. The second kappa shape index (κ2) is 11.8. The van der Waals surface area contributed by atoms with Crippen LogP contribution in [0.1, 0.15) is 47.8 Å². The van der Waals surface area contributed by atoms with Crippen molar-refractivity contribution in [3.05, 3.63) is 47.2 Å². The van der Waals surface area contributed by atoms with Crippen molar-refractivity contribution in [1.82, 2.24) is 24.0 Å². The molecule has 1 aliphatic carbocycles. The predicted octanol–water partition coefficient (Wildman–Crippen LogP) is 4.21. The summed E-state index contributed by atoms with van der Waals surface area (Å²) in [5.74, 6) is 1.63. The topological polar surface area (TPSA) is 91.2 Å². The summed E-state index contributed by atoms with van der Waals surface area (Å²) >= 11 is 0. The summed E-state index contributed by atoms with van der Waals surface area (Å²) in [4.78, 5) is 24.3. The molecular formula is C30H40N6O2. The van der Waals surface area contributed by atoms with E-state index in [4.69, 9.17) is 20.4 Å². The van der Waals surface area contributed by atoms with Gasteiger partial charge in [0.25, 0.3) is 0 Å². The number of hydrogen-bond acceptors (Lipinski definition) is 6. The number of benzene rings is 1. The van der Waals surface area contributed by atoms with E-state index in [1.165, 1.54) is 12.8 Å². The molecule has 0 unspecified atom stereocenters. The minimum absolute atomic E-state index is 0.558. The Hall–Kier alpha value is -3.07. The number of hydrogen-bond donors (Lipinski definition) is 1. The lowest BCUT2D eigenvalue weighted by Gasteiger charge is -2.17. The number of aldehydes is 1. The normalized spacial score (nSPS) is 13.8. The van der Waals surface area contributed by atoms with Crippen LogP contribution in [-0.2, 0) is 31.2 Å². The van der Waals surface area contributed by atoms with Gasteiger partial charge in [-0.25, -0.2) is 9.97 Å². The average molecular weight is 517 g/mol. The lowest BCUT2D eigenvalue weighted by molar-refractivity contribution is 0.112. The van der Waals surface area contributed by atoms with Gasteiger partial charge in [0.05, 0.1) is 23.3 Å². The van der Waals surface area contributed by atoms with Gasteiger partial charge in [0.2, 0.25) is 0 Å². The van der Waals surface area contributed by atoms with Crippen molar-refractivity contribution >= 4 is 28.4 Å². The van der Waals surface area contributed by atoms with Crippen LogP contribution < -0.4 is 5.73 Å². The summed E-state index contributed by atoms with van der Waals surface area (Å²) in [6, 6.07) is 10.6. The number of nitrogens with zero attached hydrogens (tertiary/aromatic N) is 5. The van der Waals surface area contributed by atoms with Crippen molar-refractivity contribution in [2.75, 3.05) is 39.9 Å². The van der Waals surface area contributed by atoms with E-state index in [1.54, 1.807) is 0 Å². The summed E-state index contributed by atoms with van der Waals surface area (Å²) in [7, 11) is 4.19. The zero-order valence-electron chi connectivity index (χ0n) is 22.9. The molecule has 0 bridgehead atoms. The van der Waals surface area contributed by atoms with E-state index in [2.05, 4.69) is 59.3 Å². The fraction of sp³-hybridized carbons (Fsp3) is 0.500. The fourth-order valence-corrected chi connectivity index (χ4v) is 5.19. The monoisotopic (exact) mass is 516 g/mol. The Morgan fingerprint density at radius 3 is 2.74 bits per heavy atom. The molecule has 38 heavy (non-hydrogen) atoms. The van der Waals surface area contributed by atoms with Gasteiger partial charge in [-0.1, -0.05) is 6.92 Å². The molecule has 0 amide bonds. The van der Waals surface area contributed by atoms with Gasteiger partial charge in [0.15, 0.2) is 5.82 Å². The number of imidazole rings is 1. The summed E-state index contributed by atoms with van der Waals surface area (Å²) in [6.45, 7) is 6.81. The van der Waals surface area contributed by atoms with Gasteiger partial charge in [-0.15, -0.1) is 0 Å². The molecule has 3 heterocycles. The minimum Gasteiger partial charge on any atom is -0.380 e. The van der Waals surface area contributed by atoms with Crippen molar-refractivity contribution in [2.24, 2.45) is 18.7 Å². The van der Waals surface area contributed by atoms with Crippen molar-refractivity contribution in [3.8, 4) is 11.5 Å². The Morgan fingerprint density at radius 2 is 2.00 bits per heavy atom. The maximum Gasteiger partial charge on any atom is 0.157 e. The first-order valence-corrected chi connectivity index (χ1v) is 13.9. The van der Waals surface area contributed by atoms with Gasteiger partial charge in [-0.2, -0.15) is 0 Å². The number of nitrogens with two attached hydrogens (primary N) is 1. The number of ether oxygens (including phenoxy) is 1. The third kappa shape index (κ3) is 5.67. The summed E-state index contributed by atoms with van der Waals surface area (Å²) in [5, 5.41) is 1.15. The van der Waals surface area contributed by atoms with E-state index < -0.39 is 0 Å². The lowest BCUT2D eigenvalue weighted by Crippen LogP contribution is -2.24. The van der Waals surface area contributed by atoms with Crippen LogP contribution in [0.15, 0.2) is 30.3 Å². The quantitative estimate of drug-likeness (QED) is 0.199. The van der Waals surface area contributed by atoms with Crippen LogP contribution in [-0.4, -0.2) is 70.2 Å². The van der Waals surface area contributed by atoms with Gasteiger partial charge in [-0.05, 0) is 81.0 Å². The number of pyridine rings is 1. The van der Waals surface area contributed by atoms with E-state index in [-0.39, 0.29) is 0 Å². The predicted molar refractivity (Wildman–Crippen MR) is 153 cm³/mol. The van der Waals surface area contributed by atoms with E-state index in [0.717, 1.165) is 102 Å². The maximum absolute atomic E-state index is 12.0. The van der Waals surface area contributed by atoms with Gasteiger partial charge in [0.1, 0.15) is 11.9 Å². The highest BCUT2D eigenvalue weighted by atomic mass is 16.5. The van der Waals surface area contributed by atoms with Gasteiger partial charge < -0.3 is 24.5 Å². The van der Waals surface area contributed by atoms with Crippen LogP contribution >= 0.6 is 0 Å². The number of likely N-dealkylation sites (N-methyl/N-ethyl adjacent to an activating group) is 1. The van der Waals surface area contributed by atoms with Gasteiger partial charge in [-0.3, -0.25) is 4.79 Å². The standard InChI is InChI=1S/C30H40N6O2/c1-4-25-9-8-23-18-28(36(29(23)32-25)19-21-6-7-21)30-33-26-16-24(20-37)22(17-27(26)35(30)3)10-13-34(2)12-5-14-38-15-11-31/h8-9,16-18,20-21H,4-7,10-15,19,31H2,1-3H3. The van der Waals surface area contributed by atoms with Crippen LogP contribution in [0.3, 0.4) is 0 Å². The molecular weight excluding hydrogens is 476 g/mol. The number of aryl methyl sites for hydroxylation is 2. The molecule has 5 rings (SSSR count). The van der Waals surface area contributed by atoms with Crippen LogP contribution in [0.5, 0.6) is 0 Å². The molecule has 1 saturated carbocycles. The highest BCUT2D eigenvalue weighted by molar-refractivity contribution is 5.90. The van der Waals surface area contributed by atoms with Gasteiger partial charge >= 0.3 is 0 Å². The lowest BCUT2D eigenvalue weighted by atomic mass is 10.0. The zero-order valence-corrected chi connectivity index (χ0v) is 22.9. The molecule has 0 spiro atoms. The third-order valence-electron chi connectivity index (χ3n) is 7.65. The Bertz CT molecular complexity index is 1420. The molecule has 1 aliphatic rings. The fourth-order valence-electron chi connectivity index (χ4n) is 5.19. The second-order valence-electron chi connectivity index (χ2n) is 10.6. The molecule has 8 nitrogen and oxygen atoms in total. The molecule has 0 radical (unpaired) electrons. The number of aromatic nitrogens is 4. The van der Waals surface area contributed by atoms with Crippen molar-refractivity contribution in [3.63, 3.8) is 0 Å². The van der Waals surface area contributed by atoms with Crippen LogP contribution in [0.25, 0.3) is 33.6 Å². The maximum atomic E-state index is 12.0. The van der Waals surface area contributed by atoms with Crippen LogP contribution in [0, 0.1) is 5.92 Å². The second-order valence-corrected chi connectivity index (χ2v) is 10.6. The van der Waals surface area contributed by atoms with E-state index in [9.17, 15) is 4.79 Å². The largest absolute Gasteiger partial charge is 0.380 e. The molecule has 0 aliphatic heterocycles. The first-order chi connectivity index (χ1) is 18.5. The zero-order chi connectivity index (χ0) is 26.6. The summed E-state index contributed by atoms with van der Waals surface area (Å²) < 4.78 is 10.0. The van der Waals surface area contributed by atoms with Crippen LogP contribution in [0.2, 0.25) is 0 Å². The number of carbonyl (C=O) groups excluding carboxylic acids is 1. The van der Waals surface area contributed by atoms with Crippen molar-refractivity contribution in [1.29, 1.82) is 0 Å². The minimum atomic E-state index is 0.558. The molecule has 0 atom stereocenters. The number of rotatable bonds is 14. The van der Waals surface area contributed by atoms with E-state index >= 15 is 0 Å². The first kappa shape index (κ1) is 26.5. The van der Waals surface area contributed by atoms with Crippen LogP contribution in [0.4, 0.5) is 0 Å². The van der Waals surface area contributed by atoms with E-state index in [0.29, 0.717) is 19.1 Å². The van der Waals surface area contributed by atoms with Crippen molar-refractivity contribution < 1.29 is 9.53 Å². The molecule has 1 fully saturated rings. The Balaban J connectivity index is 1.43. The number of fused-ring (bicyclic) bond motifs is 2. The Morgan fingerprint density at radius 1 is 1.16 bits per heavy atom. The van der Waals surface area contributed by atoms with Crippen molar-refractivity contribution in [2.45, 2.75) is 45.6 Å². The molecule has 1 aromatic carbocycles. The molecule has 4 aromatic rings. The highest BCUT2D eigenvalue weighted by Crippen LogP contribution is 2.36. The Kier molecular flexibility index (Phi) is 8.21. The molecule has 0 saturated heterocycles. The average Bonchev–Trinajstić information content (AvgIpc) is 3.61. The Labute approximate surface area is 224 Å². The molecule has 2 N–H and O–H groups in total.